The fourth-order valence-electron chi connectivity index (χ4n) is 5.07. The van der Waals surface area contributed by atoms with Crippen LogP contribution in [0.2, 0.25) is 10.0 Å². The fraction of sp³-hybridized carbons (Fsp3) is 0.357. The van der Waals surface area contributed by atoms with E-state index in [0.717, 1.165) is 0 Å². The van der Waals surface area contributed by atoms with Gasteiger partial charge in [-0.15, -0.1) is 0 Å². The number of carbonyl (C=O) groups is 3. The number of aryl methyl sites for hydroxylation is 2. The Kier molecular flexibility index (Phi) is 7.87. The van der Waals surface area contributed by atoms with E-state index in [9.17, 15) is 23.2 Å². The lowest BCUT2D eigenvalue weighted by Crippen LogP contribution is -2.43. The van der Waals surface area contributed by atoms with E-state index in [1.807, 2.05) is 6.92 Å². The van der Waals surface area contributed by atoms with E-state index in [1.54, 1.807) is 11.8 Å². The van der Waals surface area contributed by atoms with Crippen LogP contribution in [0.1, 0.15) is 57.4 Å². The van der Waals surface area contributed by atoms with Gasteiger partial charge >= 0.3 is 11.9 Å². The summed E-state index contributed by atoms with van der Waals surface area (Å²) >= 11 is 13.0. The molecule has 0 bridgehead atoms. The van der Waals surface area contributed by atoms with Crippen molar-refractivity contribution in [2.24, 2.45) is 18.9 Å². The van der Waals surface area contributed by atoms with Crippen molar-refractivity contribution in [3.8, 4) is 0 Å². The summed E-state index contributed by atoms with van der Waals surface area (Å²) in [7, 11) is 1.53. The first-order valence-corrected chi connectivity index (χ1v) is 13.0. The SMILES string of the molecule is C=CC(F)(F)c1cc(C)c2cc(C(=O)c3c(Cl)ccc(C(=O)N4CC[C@H](CC(=O)O)[C@H](C)C4)c3Cl)n(C)c2n1. The summed E-state index contributed by atoms with van der Waals surface area (Å²) in [6.45, 7) is 7.42. The van der Waals surface area contributed by atoms with Gasteiger partial charge in [0.25, 0.3) is 5.91 Å². The number of ketones is 1. The van der Waals surface area contributed by atoms with Crippen LogP contribution in [0.25, 0.3) is 11.0 Å². The van der Waals surface area contributed by atoms with Crippen molar-refractivity contribution in [1.82, 2.24) is 14.5 Å². The van der Waals surface area contributed by atoms with Crippen LogP contribution in [0.5, 0.6) is 0 Å². The van der Waals surface area contributed by atoms with Crippen molar-refractivity contribution >= 4 is 51.9 Å². The molecule has 1 aliphatic heterocycles. The molecule has 0 unspecified atom stereocenters. The molecule has 1 N–H and O–H groups in total. The lowest BCUT2D eigenvalue weighted by atomic mass is 9.84. The number of rotatable bonds is 7. The molecule has 7 nitrogen and oxygen atoms in total. The number of likely N-dealkylation sites (tertiary alicyclic amines) is 1. The first kappa shape index (κ1) is 28.7. The van der Waals surface area contributed by atoms with Gasteiger partial charge in [-0.3, -0.25) is 14.4 Å². The Morgan fingerprint density at radius 1 is 1.26 bits per heavy atom. The van der Waals surface area contributed by atoms with Gasteiger partial charge < -0.3 is 14.6 Å². The smallest absolute Gasteiger partial charge is 0.307 e. The van der Waals surface area contributed by atoms with Crippen LogP contribution in [0.3, 0.4) is 0 Å². The highest BCUT2D eigenvalue weighted by Crippen LogP contribution is 2.35. The number of aromatic nitrogens is 2. The molecule has 1 saturated heterocycles. The highest BCUT2D eigenvalue weighted by Gasteiger charge is 2.34. The van der Waals surface area contributed by atoms with Crippen LogP contribution in [0.15, 0.2) is 36.9 Å². The third-order valence-corrected chi connectivity index (χ3v) is 8.10. The number of aliphatic carboxylic acids is 1. The number of hydrogen-bond acceptors (Lipinski definition) is 4. The molecular weight excluding hydrogens is 551 g/mol. The summed E-state index contributed by atoms with van der Waals surface area (Å²) in [5, 5.41) is 9.55. The number of hydrogen-bond donors (Lipinski definition) is 1. The van der Waals surface area contributed by atoms with Gasteiger partial charge in [0.05, 0.1) is 26.9 Å². The standard InChI is InChI=1S/C28H27Cl2F2N3O4/c1-5-28(31,32)21-10-14(2)18-12-20(34(4)26(18)33-21)25(38)23-19(29)7-6-17(24(23)30)27(39)35-9-8-16(11-22(36)37)15(3)13-35/h5-7,10,12,15-16H,1,8-9,11,13H2,2-4H3,(H,36,37)/t15-,16-/m1/s1. The molecule has 3 heterocycles. The van der Waals surface area contributed by atoms with Crippen LogP contribution in [-0.2, 0) is 17.8 Å². The number of fused-ring (bicyclic) bond motifs is 1. The van der Waals surface area contributed by atoms with E-state index in [1.165, 1.54) is 35.9 Å². The van der Waals surface area contributed by atoms with E-state index in [2.05, 4.69) is 11.6 Å². The molecule has 11 heteroatoms. The first-order chi connectivity index (χ1) is 18.3. The predicted octanol–water partition coefficient (Wildman–Crippen LogP) is 6.27. The van der Waals surface area contributed by atoms with E-state index in [-0.39, 0.29) is 50.8 Å². The van der Waals surface area contributed by atoms with E-state index >= 15 is 0 Å². The highest BCUT2D eigenvalue weighted by molar-refractivity contribution is 6.42. The molecule has 1 aromatic carbocycles. The summed E-state index contributed by atoms with van der Waals surface area (Å²) in [5.74, 6) is -5.29. The second-order valence-corrected chi connectivity index (χ2v) is 10.8. The summed E-state index contributed by atoms with van der Waals surface area (Å²) in [6.07, 6.45) is 1.08. The normalized spacial score (nSPS) is 17.9. The number of alkyl halides is 2. The number of amides is 1. The summed E-state index contributed by atoms with van der Waals surface area (Å²) in [6, 6.07) is 5.65. The molecule has 2 aromatic heterocycles. The highest BCUT2D eigenvalue weighted by atomic mass is 35.5. The first-order valence-electron chi connectivity index (χ1n) is 12.3. The van der Waals surface area contributed by atoms with E-state index in [0.29, 0.717) is 36.5 Å². The topological polar surface area (TPSA) is 92.5 Å². The average molecular weight is 578 g/mol. The molecule has 206 valence electrons. The van der Waals surface area contributed by atoms with Crippen molar-refractivity contribution in [2.75, 3.05) is 13.1 Å². The quantitative estimate of drug-likeness (QED) is 0.264. The van der Waals surface area contributed by atoms with Gasteiger partial charge in [0, 0.05) is 31.9 Å². The molecule has 4 rings (SSSR count). The molecule has 0 radical (unpaired) electrons. The second-order valence-electron chi connectivity index (χ2n) is 9.97. The van der Waals surface area contributed by atoms with Crippen LogP contribution >= 0.6 is 23.2 Å². The van der Waals surface area contributed by atoms with Gasteiger partial charge in [-0.05, 0) is 61.1 Å². The minimum atomic E-state index is -3.35. The van der Waals surface area contributed by atoms with E-state index < -0.39 is 29.3 Å². The molecule has 1 fully saturated rings. The van der Waals surface area contributed by atoms with Gasteiger partial charge in [-0.1, -0.05) is 36.7 Å². The van der Waals surface area contributed by atoms with Gasteiger partial charge in [0.1, 0.15) is 11.3 Å². The lowest BCUT2D eigenvalue weighted by Gasteiger charge is -2.36. The van der Waals surface area contributed by atoms with E-state index in [4.69, 9.17) is 28.3 Å². The van der Waals surface area contributed by atoms with Crippen LogP contribution < -0.4 is 0 Å². The summed E-state index contributed by atoms with van der Waals surface area (Å²) in [5.41, 5.74) is 0.289. The molecule has 1 amide bonds. The maximum atomic E-state index is 14.3. The predicted molar refractivity (Wildman–Crippen MR) is 145 cm³/mol. The number of nitrogens with zero attached hydrogens (tertiary/aromatic N) is 3. The Bertz CT molecular complexity index is 1520. The minimum Gasteiger partial charge on any atom is -0.481 e. The third kappa shape index (κ3) is 5.30. The fourth-order valence-corrected chi connectivity index (χ4v) is 5.69. The largest absolute Gasteiger partial charge is 0.481 e. The Balaban J connectivity index is 1.70. The monoisotopic (exact) mass is 577 g/mol. The number of halogens is 4. The zero-order valence-corrected chi connectivity index (χ0v) is 23.1. The number of pyridine rings is 1. The van der Waals surface area contributed by atoms with Gasteiger partial charge in [-0.2, -0.15) is 8.78 Å². The van der Waals surface area contributed by atoms with Gasteiger partial charge in [0.15, 0.2) is 0 Å². The number of benzene rings is 1. The van der Waals surface area contributed by atoms with Crippen molar-refractivity contribution in [1.29, 1.82) is 0 Å². The molecule has 1 aliphatic rings. The third-order valence-electron chi connectivity index (χ3n) is 7.39. The molecule has 3 aromatic rings. The maximum absolute atomic E-state index is 14.3. The Morgan fingerprint density at radius 2 is 1.95 bits per heavy atom. The van der Waals surface area contributed by atoms with Gasteiger partial charge in [0.2, 0.25) is 5.78 Å². The van der Waals surface area contributed by atoms with Crippen LogP contribution in [0.4, 0.5) is 8.78 Å². The zero-order chi connectivity index (χ0) is 28.8. The zero-order valence-electron chi connectivity index (χ0n) is 21.6. The van der Waals surface area contributed by atoms with Crippen molar-refractivity contribution in [2.45, 2.75) is 32.6 Å². The number of carbonyl (C=O) groups excluding carboxylic acids is 2. The number of carboxylic acid groups (broad SMARTS) is 1. The van der Waals surface area contributed by atoms with Crippen LogP contribution in [0, 0.1) is 18.8 Å². The molecule has 0 aliphatic carbocycles. The van der Waals surface area contributed by atoms with Crippen molar-refractivity contribution < 1.29 is 28.3 Å². The maximum Gasteiger partial charge on any atom is 0.307 e. The number of piperidine rings is 1. The Labute approximate surface area is 234 Å². The average Bonchev–Trinajstić information content (AvgIpc) is 3.21. The van der Waals surface area contributed by atoms with Crippen molar-refractivity contribution in [3.63, 3.8) is 0 Å². The Morgan fingerprint density at radius 3 is 2.56 bits per heavy atom. The van der Waals surface area contributed by atoms with Crippen molar-refractivity contribution in [3.05, 3.63) is 75.0 Å². The molecule has 0 saturated carbocycles. The minimum absolute atomic E-state index is 0.0314. The molecule has 39 heavy (non-hydrogen) atoms. The second kappa shape index (κ2) is 10.7. The molecule has 2 atom stereocenters. The lowest BCUT2D eigenvalue weighted by molar-refractivity contribution is -0.138. The summed E-state index contributed by atoms with van der Waals surface area (Å²) in [4.78, 5) is 43.9. The number of carboxylic acids is 1. The van der Waals surface area contributed by atoms with Gasteiger partial charge in [-0.25, -0.2) is 4.98 Å². The molecular formula is C28H27Cl2F2N3O4. The number of allylic oxidation sites excluding steroid dienone is 1. The Hall–Kier alpha value is -3.30. The van der Waals surface area contributed by atoms with Crippen LogP contribution in [-0.4, -0.2) is 50.3 Å². The summed E-state index contributed by atoms with van der Waals surface area (Å²) < 4.78 is 30.0. The molecule has 0 spiro atoms.